The Hall–Kier alpha value is -3.22. The molecule has 2 heterocycles. The van der Waals surface area contributed by atoms with Crippen LogP contribution in [-0.4, -0.2) is 21.9 Å². The minimum absolute atomic E-state index is 0.194. The number of hydrazone groups is 1. The highest BCUT2D eigenvalue weighted by atomic mass is 19.1. The minimum Gasteiger partial charge on any atom is -0.460 e. The third kappa shape index (κ3) is 3.75. The normalized spacial score (nSPS) is 11.1. The van der Waals surface area contributed by atoms with E-state index in [9.17, 15) is 9.18 Å². The van der Waals surface area contributed by atoms with Gasteiger partial charge in [0.1, 0.15) is 17.3 Å². The molecule has 0 fully saturated rings. The second-order valence-electron chi connectivity index (χ2n) is 5.14. The maximum absolute atomic E-state index is 13.6. The fourth-order valence-corrected chi connectivity index (χ4v) is 2.11. The summed E-state index contributed by atoms with van der Waals surface area (Å²) in [7, 11) is 0. The third-order valence-electron chi connectivity index (χ3n) is 3.28. The number of aromatic nitrogens is 2. The molecule has 1 aromatic carbocycles. The molecule has 7 heteroatoms. The molecular formula is C17H15FN4O2. The molecule has 0 saturated carbocycles. The van der Waals surface area contributed by atoms with E-state index < -0.39 is 5.91 Å². The maximum Gasteiger partial charge on any atom is 0.291 e. The number of hydrogen-bond acceptors (Lipinski definition) is 4. The van der Waals surface area contributed by atoms with Gasteiger partial charge < -0.3 is 4.42 Å². The Kier molecular flexibility index (Phi) is 4.51. The molecule has 0 aliphatic heterocycles. The van der Waals surface area contributed by atoms with E-state index in [1.165, 1.54) is 17.0 Å². The van der Waals surface area contributed by atoms with Crippen molar-refractivity contribution in [2.45, 2.75) is 13.5 Å². The van der Waals surface area contributed by atoms with Crippen LogP contribution in [-0.2, 0) is 6.54 Å². The Balaban J connectivity index is 1.61. The Morgan fingerprint density at radius 3 is 2.92 bits per heavy atom. The van der Waals surface area contributed by atoms with Crippen LogP contribution >= 0.6 is 0 Å². The lowest BCUT2D eigenvalue weighted by molar-refractivity contribution is 0.0949. The Morgan fingerprint density at radius 2 is 2.17 bits per heavy atom. The number of carbonyl (C=O) groups excluding carboxylic acids is 1. The highest BCUT2D eigenvalue weighted by Crippen LogP contribution is 2.08. The molecule has 0 bridgehead atoms. The number of furan rings is 1. The zero-order valence-corrected chi connectivity index (χ0v) is 12.9. The first-order chi connectivity index (χ1) is 11.6. The summed E-state index contributed by atoms with van der Waals surface area (Å²) in [5, 5.41) is 7.93. The molecule has 3 rings (SSSR count). The van der Waals surface area contributed by atoms with Crippen molar-refractivity contribution >= 4 is 12.1 Å². The zero-order chi connectivity index (χ0) is 16.9. The van der Waals surface area contributed by atoms with Crippen LogP contribution in [0.3, 0.4) is 0 Å². The number of nitrogens with zero attached hydrogens (tertiary/aromatic N) is 3. The van der Waals surface area contributed by atoms with Crippen molar-refractivity contribution in [1.82, 2.24) is 15.2 Å². The molecule has 1 amide bonds. The Morgan fingerprint density at radius 1 is 1.33 bits per heavy atom. The van der Waals surface area contributed by atoms with E-state index in [0.717, 1.165) is 5.76 Å². The van der Waals surface area contributed by atoms with Crippen LogP contribution in [0.15, 0.2) is 58.2 Å². The van der Waals surface area contributed by atoms with E-state index in [0.29, 0.717) is 11.3 Å². The lowest BCUT2D eigenvalue weighted by Crippen LogP contribution is -2.18. The van der Waals surface area contributed by atoms with Gasteiger partial charge in [-0.05, 0) is 31.2 Å². The SMILES string of the molecule is Cc1ccc(/C=N\NC(=O)c2ccn(Cc3ccccc3F)n2)o1. The predicted octanol–water partition coefficient (Wildman–Crippen LogP) is 2.74. The molecule has 0 radical (unpaired) electrons. The number of benzene rings is 1. The van der Waals surface area contributed by atoms with E-state index in [4.69, 9.17) is 4.42 Å². The molecule has 0 atom stereocenters. The molecule has 0 saturated heterocycles. The summed E-state index contributed by atoms with van der Waals surface area (Å²) in [6, 6.07) is 11.5. The van der Waals surface area contributed by atoms with E-state index in [1.807, 2.05) is 6.92 Å². The molecule has 0 aliphatic carbocycles. The quantitative estimate of drug-likeness (QED) is 0.579. The summed E-state index contributed by atoms with van der Waals surface area (Å²) in [6.45, 7) is 2.06. The van der Waals surface area contributed by atoms with Crippen molar-refractivity contribution in [2.75, 3.05) is 0 Å². The third-order valence-corrected chi connectivity index (χ3v) is 3.28. The highest BCUT2D eigenvalue weighted by Gasteiger charge is 2.09. The zero-order valence-electron chi connectivity index (χ0n) is 12.9. The average Bonchev–Trinajstić information content (AvgIpc) is 3.19. The van der Waals surface area contributed by atoms with Crippen LogP contribution in [0, 0.1) is 12.7 Å². The lowest BCUT2D eigenvalue weighted by Gasteiger charge is -2.02. The van der Waals surface area contributed by atoms with Crippen LogP contribution in [0.2, 0.25) is 0 Å². The van der Waals surface area contributed by atoms with Gasteiger partial charge >= 0.3 is 0 Å². The molecule has 1 N–H and O–H groups in total. The average molecular weight is 326 g/mol. The first kappa shape index (κ1) is 15.7. The smallest absolute Gasteiger partial charge is 0.291 e. The van der Waals surface area contributed by atoms with E-state index in [2.05, 4.69) is 15.6 Å². The number of hydrogen-bond donors (Lipinski definition) is 1. The van der Waals surface area contributed by atoms with Gasteiger partial charge in [0, 0.05) is 11.8 Å². The summed E-state index contributed by atoms with van der Waals surface area (Å²) in [4.78, 5) is 12.0. The van der Waals surface area contributed by atoms with E-state index in [1.54, 1.807) is 42.6 Å². The summed E-state index contributed by atoms with van der Waals surface area (Å²) in [5.74, 6) is 0.534. The summed E-state index contributed by atoms with van der Waals surface area (Å²) < 4.78 is 20.4. The second kappa shape index (κ2) is 6.91. The fraction of sp³-hybridized carbons (Fsp3) is 0.118. The largest absolute Gasteiger partial charge is 0.460 e. The Bertz CT molecular complexity index is 882. The van der Waals surface area contributed by atoms with Gasteiger partial charge in [0.15, 0.2) is 5.69 Å². The second-order valence-corrected chi connectivity index (χ2v) is 5.14. The van der Waals surface area contributed by atoms with Crippen molar-refractivity contribution in [3.63, 3.8) is 0 Å². The van der Waals surface area contributed by atoms with Crippen LogP contribution in [0.1, 0.15) is 27.6 Å². The van der Waals surface area contributed by atoms with Gasteiger partial charge in [0.2, 0.25) is 0 Å². The summed E-state index contributed by atoms with van der Waals surface area (Å²) >= 11 is 0. The number of amides is 1. The molecular weight excluding hydrogens is 311 g/mol. The van der Waals surface area contributed by atoms with Crippen LogP contribution in [0.25, 0.3) is 0 Å². The van der Waals surface area contributed by atoms with Gasteiger partial charge in [-0.25, -0.2) is 9.82 Å². The standard InChI is InChI=1S/C17H15FN4O2/c1-12-6-7-14(24-12)10-19-20-17(23)16-8-9-22(21-16)11-13-4-2-3-5-15(13)18/h2-10H,11H2,1H3,(H,20,23)/b19-10-. The highest BCUT2D eigenvalue weighted by molar-refractivity contribution is 5.92. The number of rotatable bonds is 5. The van der Waals surface area contributed by atoms with Crippen molar-refractivity contribution in [3.05, 3.63) is 77.3 Å². The summed E-state index contributed by atoms with van der Waals surface area (Å²) in [5.41, 5.74) is 3.06. The number of carbonyl (C=O) groups is 1. The molecule has 3 aromatic rings. The van der Waals surface area contributed by atoms with Crippen molar-refractivity contribution in [2.24, 2.45) is 5.10 Å². The number of nitrogens with one attached hydrogen (secondary N) is 1. The van der Waals surface area contributed by atoms with Gasteiger partial charge in [-0.3, -0.25) is 9.48 Å². The fourth-order valence-electron chi connectivity index (χ4n) is 2.11. The predicted molar refractivity (Wildman–Crippen MR) is 86.2 cm³/mol. The molecule has 24 heavy (non-hydrogen) atoms. The van der Waals surface area contributed by atoms with Crippen LogP contribution in [0.5, 0.6) is 0 Å². The topological polar surface area (TPSA) is 72.4 Å². The minimum atomic E-state index is -0.457. The lowest BCUT2D eigenvalue weighted by atomic mass is 10.2. The van der Waals surface area contributed by atoms with Crippen molar-refractivity contribution in [3.8, 4) is 0 Å². The van der Waals surface area contributed by atoms with Gasteiger partial charge in [0.25, 0.3) is 5.91 Å². The van der Waals surface area contributed by atoms with Crippen LogP contribution in [0.4, 0.5) is 4.39 Å². The molecule has 0 aliphatic rings. The molecule has 2 aromatic heterocycles. The van der Waals surface area contributed by atoms with Crippen molar-refractivity contribution < 1.29 is 13.6 Å². The Labute approximate surface area is 137 Å². The first-order valence-corrected chi connectivity index (χ1v) is 7.28. The molecule has 0 spiro atoms. The van der Waals surface area contributed by atoms with Crippen molar-refractivity contribution in [1.29, 1.82) is 0 Å². The van der Waals surface area contributed by atoms with E-state index in [-0.39, 0.29) is 18.1 Å². The number of halogens is 1. The van der Waals surface area contributed by atoms with Gasteiger partial charge in [-0.1, -0.05) is 18.2 Å². The molecule has 122 valence electrons. The maximum atomic E-state index is 13.6. The van der Waals surface area contributed by atoms with Gasteiger partial charge in [-0.15, -0.1) is 0 Å². The number of aryl methyl sites for hydroxylation is 1. The molecule has 0 unspecified atom stereocenters. The van der Waals surface area contributed by atoms with E-state index >= 15 is 0 Å². The molecule has 6 nitrogen and oxygen atoms in total. The monoisotopic (exact) mass is 326 g/mol. The van der Waals surface area contributed by atoms with Gasteiger partial charge in [-0.2, -0.15) is 10.2 Å². The van der Waals surface area contributed by atoms with Crippen LogP contribution < -0.4 is 5.43 Å². The van der Waals surface area contributed by atoms with Gasteiger partial charge in [0.05, 0.1) is 12.8 Å². The summed E-state index contributed by atoms with van der Waals surface area (Å²) in [6.07, 6.45) is 3.02. The first-order valence-electron chi connectivity index (χ1n) is 7.28.